The van der Waals surface area contributed by atoms with Crippen LogP contribution in [-0.4, -0.2) is 12.6 Å². The number of hydrogen-bond donors (Lipinski definition) is 1. The van der Waals surface area contributed by atoms with E-state index in [4.69, 9.17) is 0 Å². The van der Waals surface area contributed by atoms with Gasteiger partial charge in [-0.05, 0) is 31.9 Å². The molecule has 1 aliphatic rings. The first-order valence-corrected chi connectivity index (χ1v) is 7.24. The first-order chi connectivity index (χ1) is 9.64. The van der Waals surface area contributed by atoms with Gasteiger partial charge in [-0.25, -0.2) is 8.78 Å². The molecule has 0 saturated heterocycles. The molecule has 1 aromatic carbocycles. The molecule has 2 unspecified atom stereocenters. The second-order valence-electron chi connectivity index (χ2n) is 5.46. The Morgan fingerprint density at radius 3 is 2.85 bits per heavy atom. The van der Waals surface area contributed by atoms with Crippen molar-refractivity contribution < 1.29 is 8.78 Å². The van der Waals surface area contributed by atoms with E-state index in [1.165, 1.54) is 12.1 Å². The summed E-state index contributed by atoms with van der Waals surface area (Å²) in [5.41, 5.74) is -0.555. The molecule has 0 spiro atoms. The van der Waals surface area contributed by atoms with Crippen LogP contribution in [0.3, 0.4) is 0 Å². The molecule has 1 fully saturated rings. The van der Waals surface area contributed by atoms with Gasteiger partial charge in [0.25, 0.3) is 0 Å². The number of hydrogen-bond acceptors (Lipinski definition) is 2. The SMILES string of the molecule is CCCNC1CCCCC1(C#N)c1ccc(F)cc1F. The summed E-state index contributed by atoms with van der Waals surface area (Å²) < 4.78 is 27.2. The van der Waals surface area contributed by atoms with Crippen LogP contribution in [0.5, 0.6) is 0 Å². The molecule has 2 rings (SSSR count). The van der Waals surface area contributed by atoms with Gasteiger partial charge in [-0.2, -0.15) is 5.26 Å². The van der Waals surface area contributed by atoms with Gasteiger partial charge in [0.05, 0.1) is 6.07 Å². The quantitative estimate of drug-likeness (QED) is 0.912. The third kappa shape index (κ3) is 2.69. The van der Waals surface area contributed by atoms with Crippen molar-refractivity contribution in [1.29, 1.82) is 5.26 Å². The smallest absolute Gasteiger partial charge is 0.130 e. The van der Waals surface area contributed by atoms with E-state index in [1.807, 2.05) is 0 Å². The van der Waals surface area contributed by atoms with Crippen molar-refractivity contribution in [1.82, 2.24) is 5.32 Å². The van der Waals surface area contributed by atoms with Crippen LogP contribution >= 0.6 is 0 Å². The Morgan fingerprint density at radius 2 is 2.20 bits per heavy atom. The minimum atomic E-state index is -0.884. The molecule has 0 amide bonds. The zero-order valence-electron chi connectivity index (χ0n) is 11.8. The van der Waals surface area contributed by atoms with E-state index in [9.17, 15) is 14.0 Å². The number of nitrogens with one attached hydrogen (secondary N) is 1. The van der Waals surface area contributed by atoms with E-state index >= 15 is 0 Å². The molecule has 0 radical (unpaired) electrons. The number of nitriles is 1. The van der Waals surface area contributed by atoms with Gasteiger partial charge in [-0.15, -0.1) is 0 Å². The lowest BCUT2D eigenvalue weighted by molar-refractivity contribution is 0.260. The number of nitrogens with zero attached hydrogens (tertiary/aromatic N) is 1. The summed E-state index contributed by atoms with van der Waals surface area (Å²) in [6, 6.07) is 5.80. The van der Waals surface area contributed by atoms with Crippen molar-refractivity contribution in [3.63, 3.8) is 0 Å². The van der Waals surface area contributed by atoms with E-state index in [2.05, 4.69) is 18.3 Å². The van der Waals surface area contributed by atoms with E-state index < -0.39 is 17.0 Å². The fourth-order valence-electron chi connectivity index (χ4n) is 3.14. The second kappa shape index (κ2) is 6.32. The maximum absolute atomic E-state index is 14.1. The second-order valence-corrected chi connectivity index (χ2v) is 5.46. The van der Waals surface area contributed by atoms with Gasteiger partial charge >= 0.3 is 0 Å². The maximum atomic E-state index is 14.1. The summed E-state index contributed by atoms with van der Waals surface area (Å²) in [6.45, 7) is 2.86. The Bertz CT molecular complexity index is 510. The summed E-state index contributed by atoms with van der Waals surface area (Å²) >= 11 is 0. The van der Waals surface area contributed by atoms with Crippen molar-refractivity contribution in [3.05, 3.63) is 35.4 Å². The predicted molar refractivity (Wildman–Crippen MR) is 74.2 cm³/mol. The fourth-order valence-corrected chi connectivity index (χ4v) is 3.14. The molecule has 1 N–H and O–H groups in total. The van der Waals surface area contributed by atoms with Crippen LogP contribution in [0.1, 0.15) is 44.6 Å². The molecular weight excluding hydrogens is 258 g/mol. The molecule has 4 heteroatoms. The number of benzene rings is 1. The Hall–Kier alpha value is -1.47. The van der Waals surface area contributed by atoms with Crippen LogP contribution in [0.15, 0.2) is 18.2 Å². The molecular formula is C16H20F2N2. The first-order valence-electron chi connectivity index (χ1n) is 7.24. The molecule has 0 aromatic heterocycles. The van der Waals surface area contributed by atoms with Crippen LogP contribution in [0.25, 0.3) is 0 Å². The maximum Gasteiger partial charge on any atom is 0.130 e. The summed E-state index contributed by atoms with van der Waals surface area (Å²) in [7, 11) is 0. The highest BCUT2D eigenvalue weighted by atomic mass is 19.1. The van der Waals surface area contributed by atoms with Crippen LogP contribution in [0.2, 0.25) is 0 Å². The topological polar surface area (TPSA) is 35.8 Å². The zero-order valence-corrected chi connectivity index (χ0v) is 11.8. The monoisotopic (exact) mass is 278 g/mol. The van der Waals surface area contributed by atoms with Gasteiger partial charge in [-0.3, -0.25) is 0 Å². The minimum absolute atomic E-state index is 0.0684. The fraction of sp³-hybridized carbons (Fsp3) is 0.562. The average molecular weight is 278 g/mol. The zero-order chi connectivity index (χ0) is 14.6. The molecule has 2 nitrogen and oxygen atoms in total. The molecule has 1 aromatic rings. The molecule has 108 valence electrons. The molecule has 0 aliphatic heterocycles. The van der Waals surface area contributed by atoms with Crippen molar-refractivity contribution in [3.8, 4) is 6.07 Å². The molecule has 1 aliphatic carbocycles. The molecule has 1 saturated carbocycles. The molecule has 0 heterocycles. The number of halogens is 2. The van der Waals surface area contributed by atoms with Gasteiger partial charge in [0.2, 0.25) is 0 Å². The normalized spacial score (nSPS) is 26.2. The highest BCUT2D eigenvalue weighted by molar-refractivity contribution is 5.37. The van der Waals surface area contributed by atoms with Crippen LogP contribution < -0.4 is 5.32 Å². The van der Waals surface area contributed by atoms with Crippen LogP contribution in [0, 0.1) is 23.0 Å². The van der Waals surface area contributed by atoms with Gasteiger partial charge in [0, 0.05) is 17.7 Å². The van der Waals surface area contributed by atoms with E-state index in [1.54, 1.807) is 0 Å². The van der Waals surface area contributed by atoms with Crippen molar-refractivity contribution >= 4 is 0 Å². The average Bonchev–Trinajstić information content (AvgIpc) is 2.45. The van der Waals surface area contributed by atoms with E-state index in [0.717, 1.165) is 38.3 Å². The Morgan fingerprint density at radius 1 is 1.40 bits per heavy atom. The standard InChI is InChI=1S/C16H20F2N2/c1-2-9-20-15-5-3-4-8-16(15,11-19)13-7-6-12(17)10-14(13)18/h6-7,10,15,20H,2-5,8-9H2,1H3. The molecule has 20 heavy (non-hydrogen) atoms. The third-order valence-electron chi connectivity index (χ3n) is 4.16. The minimum Gasteiger partial charge on any atom is -0.312 e. The van der Waals surface area contributed by atoms with Crippen molar-refractivity contribution in [2.45, 2.75) is 50.5 Å². The van der Waals surface area contributed by atoms with Crippen LogP contribution in [0.4, 0.5) is 8.78 Å². The van der Waals surface area contributed by atoms with Crippen molar-refractivity contribution in [2.24, 2.45) is 0 Å². The highest BCUT2D eigenvalue weighted by Crippen LogP contribution is 2.40. The lowest BCUT2D eigenvalue weighted by atomic mass is 9.67. The van der Waals surface area contributed by atoms with Gasteiger partial charge in [0.15, 0.2) is 0 Å². The van der Waals surface area contributed by atoms with Gasteiger partial charge < -0.3 is 5.32 Å². The van der Waals surface area contributed by atoms with Crippen LogP contribution in [-0.2, 0) is 5.41 Å². The Balaban J connectivity index is 2.41. The van der Waals surface area contributed by atoms with Gasteiger partial charge in [0.1, 0.15) is 17.0 Å². The van der Waals surface area contributed by atoms with E-state index in [-0.39, 0.29) is 6.04 Å². The highest BCUT2D eigenvalue weighted by Gasteiger charge is 2.44. The largest absolute Gasteiger partial charge is 0.312 e. The third-order valence-corrected chi connectivity index (χ3v) is 4.16. The Labute approximate surface area is 118 Å². The lowest BCUT2D eigenvalue weighted by Crippen LogP contribution is -2.50. The predicted octanol–water partition coefficient (Wildman–Crippen LogP) is 3.67. The lowest BCUT2D eigenvalue weighted by Gasteiger charge is -2.40. The summed E-state index contributed by atoms with van der Waals surface area (Å²) in [5.74, 6) is -1.22. The summed E-state index contributed by atoms with van der Waals surface area (Å²) in [6.07, 6.45) is 4.37. The summed E-state index contributed by atoms with van der Waals surface area (Å²) in [4.78, 5) is 0. The van der Waals surface area contributed by atoms with Gasteiger partial charge in [-0.1, -0.05) is 25.8 Å². The summed E-state index contributed by atoms with van der Waals surface area (Å²) in [5, 5.41) is 13.1. The number of rotatable bonds is 4. The van der Waals surface area contributed by atoms with E-state index in [0.29, 0.717) is 12.0 Å². The Kier molecular flexibility index (Phi) is 4.72. The van der Waals surface area contributed by atoms with Crippen molar-refractivity contribution in [2.75, 3.05) is 6.54 Å². The first kappa shape index (κ1) is 14.9. The molecule has 0 bridgehead atoms. The molecule has 2 atom stereocenters.